The molecule has 4 rings (SSSR count). The largest absolute Gasteiger partial charge is 0.481 e. The molecule has 4 heteroatoms. The average Bonchev–Trinajstić information content (AvgIpc) is 3.36. The van der Waals surface area contributed by atoms with E-state index in [1.54, 1.807) is 0 Å². The van der Waals surface area contributed by atoms with Gasteiger partial charge in [0, 0.05) is 17.8 Å². The molecule has 1 aliphatic heterocycles. The van der Waals surface area contributed by atoms with E-state index in [1.165, 1.54) is 5.56 Å². The first-order valence-corrected chi connectivity index (χ1v) is 11.3. The van der Waals surface area contributed by atoms with Crippen molar-refractivity contribution in [1.82, 2.24) is 0 Å². The van der Waals surface area contributed by atoms with E-state index in [4.69, 9.17) is 9.47 Å². The van der Waals surface area contributed by atoms with Gasteiger partial charge in [-0.3, -0.25) is 4.79 Å². The zero-order valence-corrected chi connectivity index (χ0v) is 18.2. The predicted molar refractivity (Wildman–Crippen MR) is 121 cm³/mol. The summed E-state index contributed by atoms with van der Waals surface area (Å²) < 4.78 is 12.5. The van der Waals surface area contributed by atoms with Crippen LogP contribution in [0.3, 0.4) is 0 Å². The smallest absolute Gasteiger partial charge is 0.303 e. The van der Waals surface area contributed by atoms with Gasteiger partial charge in [-0.05, 0) is 42.7 Å². The van der Waals surface area contributed by atoms with Crippen molar-refractivity contribution in [2.24, 2.45) is 17.8 Å². The van der Waals surface area contributed by atoms with Crippen molar-refractivity contribution < 1.29 is 19.4 Å². The van der Waals surface area contributed by atoms with Crippen molar-refractivity contribution >= 4 is 5.97 Å². The molecule has 2 bridgehead atoms. The van der Waals surface area contributed by atoms with Crippen LogP contribution < -0.4 is 0 Å². The monoisotopic (exact) mass is 420 g/mol. The Balaban J connectivity index is 1.60. The van der Waals surface area contributed by atoms with Gasteiger partial charge in [0.2, 0.25) is 0 Å². The Morgan fingerprint density at radius 2 is 1.90 bits per heavy atom. The molecule has 0 spiro atoms. The number of ether oxygens (including phenoxy) is 2. The van der Waals surface area contributed by atoms with E-state index >= 15 is 0 Å². The summed E-state index contributed by atoms with van der Waals surface area (Å²) in [5, 5.41) is 9.35. The molecule has 31 heavy (non-hydrogen) atoms. The lowest BCUT2D eigenvalue weighted by molar-refractivity contribution is -0.137. The Morgan fingerprint density at radius 1 is 1.19 bits per heavy atom. The highest BCUT2D eigenvalue weighted by molar-refractivity contribution is 5.66. The third-order valence-corrected chi connectivity index (χ3v) is 7.06. The fraction of sp³-hybridized carbons (Fsp3) is 0.444. The highest BCUT2D eigenvalue weighted by atomic mass is 16.5. The van der Waals surface area contributed by atoms with Gasteiger partial charge in [-0.25, -0.2) is 0 Å². The first-order chi connectivity index (χ1) is 15.1. The minimum Gasteiger partial charge on any atom is -0.481 e. The van der Waals surface area contributed by atoms with Crippen LogP contribution in [0.25, 0.3) is 0 Å². The Hall–Kier alpha value is -2.43. The fourth-order valence-corrected chi connectivity index (χ4v) is 5.80. The van der Waals surface area contributed by atoms with E-state index in [2.05, 4.69) is 48.6 Å². The molecule has 1 saturated heterocycles. The van der Waals surface area contributed by atoms with Gasteiger partial charge in [-0.15, -0.1) is 0 Å². The third-order valence-electron chi connectivity index (χ3n) is 7.06. The highest BCUT2D eigenvalue weighted by Gasteiger charge is 2.61. The minimum absolute atomic E-state index is 0.0879. The second-order valence-corrected chi connectivity index (χ2v) is 8.89. The van der Waals surface area contributed by atoms with E-state index in [-0.39, 0.29) is 29.8 Å². The van der Waals surface area contributed by atoms with Gasteiger partial charge in [-0.2, -0.15) is 0 Å². The van der Waals surface area contributed by atoms with Crippen molar-refractivity contribution in [3.8, 4) is 0 Å². The molecule has 5 atom stereocenters. The van der Waals surface area contributed by atoms with Crippen molar-refractivity contribution in [1.29, 1.82) is 0 Å². The number of hydrogen-bond donors (Lipinski definition) is 1. The maximum absolute atomic E-state index is 11.4. The third kappa shape index (κ3) is 4.60. The van der Waals surface area contributed by atoms with Gasteiger partial charge in [0.25, 0.3) is 0 Å². The molecule has 1 saturated carbocycles. The minimum atomic E-state index is -0.737. The van der Waals surface area contributed by atoms with Crippen LogP contribution in [0.15, 0.2) is 72.8 Å². The standard InChI is InChI=1S/C27H32O4/c1-2-9-21(14-15-25(28)29)26-23(18-30-17-20-10-5-3-6-11-20)24-16-27(26,19-31-24)22-12-7-4-8-13-22/h2-13,21,23-24,26H,14-19H2,1H3,(H,28,29)/b9-2-/t21-,23+,24-,26-,27?/m1/s1. The van der Waals surface area contributed by atoms with E-state index in [9.17, 15) is 9.90 Å². The number of hydrogen-bond acceptors (Lipinski definition) is 3. The van der Waals surface area contributed by atoms with Crippen molar-refractivity contribution in [2.75, 3.05) is 13.2 Å². The lowest BCUT2D eigenvalue weighted by atomic mass is 9.64. The summed E-state index contributed by atoms with van der Waals surface area (Å²) >= 11 is 0. The van der Waals surface area contributed by atoms with Gasteiger partial charge < -0.3 is 14.6 Å². The molecule has 0 radical (unpaired) electrons. The Bertz CT molecular complexity index is 879. The quantitative estimate of drug-likeness (QED) is 0.535. The molecule has 1 aliphatic carbocycles. The lowest BCUT2D eigenvalue weighted by Gasteiger charge is -2.43. The summed E-state index contributed by atoms with van der Waals surface area (Å²) in [5.74, 6) is -0.0206. The van der Waals surface area contributed by atoms with Crippen molar-refractivity contribution in [2.45, 2.75) is 44.3 Å². The van der Waals surface area contributed by atoms with Crippen molar-refractivity contribution in [3.05, 3.63) is 83.9 Å². The predicted octanol–water partition coefficient (Wildman–Crippen LogP) is 5.23. The highest BCUT2D eigenvalue weighted by Crippen LogP contribution is 2.58. The van der Waals surface area contributed by atoms with Crippen LogP contribution in [0.4, 0.5) is 0 Å². The number of rotatable bonds is 10. The zero-order chi connectivity index (χ0) is 21.7. The summed E-state index contributed by atoms with van der Waals surface area (Å²) in [6, 6.07) is 20.9. The molecule has 2 aliphatic rings. The van der Waals surface area contributed by atoms with Gasteiger partial charge >= 0.3 is 5.97 Å². The van der Waals surface area contributed by atoms with Crippen LogP contribution >= 0.6 is 0 Å². The molecule has 1 heterocycles. The van der Waals surface area contributed by atoms with E-state index in [0.29, 0.717) is 32.2 Å². The summed E-state index contributed by atoms with van der Waals surface area (Å²) in [7, 11) is 0. The van der Waals surface area contributed by atoms with Crippen LogP contribution in [0.2, 0.25) is 0 Å². The van der Waals surface area contributed by atoms with Gasteiger partial charge in [0.05, 0.1) is 25.9 Å². The fourth-order valence-electron chi connectivity index (χ4n) is 5.80. The molecule has 1 unspecified atom stereocenters. The average molecular weight is 421 g/mol. The Morgan fingerprint density at radius 3 is 2.58 bits per heavy atom. The second-order valence-electron chi connectivity index (χ2n) is 8.89. The summed E-state index contributed by atoms with van der Waals surface area (Å²) in [6.45, 7) is 3.93. The molecule has 164 valence electrons. The van der Waals surface area contributed by atoms with Crippen LogP contribution in [-0.4, -0.2) is 30.4 Å². The Kier molecular flexibility index (Phi) is 6.89. The number of allylic oxidation sites excluding steroid dienone is 2. The number of carbonyl (C=O) groups is 1. The summed E-state index contributed by atoms with van der Waals surface area (Å²) in [5.41, 5.74) is 2.38. The van der Waals surface area contributed by atoms with Gasteiger partial charge in [0.15, 0.2) is 0 Å². The van der Waals surface area contributed by atoms with Crippen molar-refractivity contribution in [3.63, 3.8) is 0 Å². The van der Waals surface area contributed by atoms with E-state index in [0.717, 1.165) is 12.0 Å². The number of carboxylic acids is 1. The Labute approximate surface area is 184 Å². The van der Waals surface area contributed by atoms with Gasteiger partial charge in [0.1, 0.15) is 0 Å². The summed E-state index contributed by atoms with van der Waals surface area (Å²) in [6.07, 6.45) is 6.23. The van der Waals surface area contributed by atoms with Crippen LogP contribution in [0.5, 0.6) is 0 Å². The summed E-state index contributed by atoms with van der Waals surface area (Å²) in [4.78, 5) is 11.4. The molecular formula is C27H32O4. The molecule has 0 aromatic heterocycles. The van der Waals surface area contributed by atoms with E-state index < -0.39 is 5.97 Å². The first-order valence-electron chi connectivity index (χ1n) is 11.3. The molecule has 2 aromatic rings. The van der Waals surface area contributed by atoms with Crippen LogP contribution in [0.1, 0.15) is 37.3 Å². The maximum atomic E-state index is 11.4. The molecule has 1 N–H and O–H groups in total. The normalized spacial score (nSPS) is 28.2. The molecular weight excluding hydrogens is 388 g/mol. The maximum Gasteiger partial charge on any atom is 0.303 e. The molecule has 2 aromatic carbocycles. The van der Waals surface area contributed by atoms with Gasteiger partial charge in [-0.1, -0.05) is 72.8 Å². The lowest BCUT2D eigenvalue weighted by Crippen LogP contribution is -2.45. The first kappa shape index (κ1) is 21.8. The zero-order valence-electron chi connectivity index (χ0n) is 18.2. The molecule has 2 fully saturated rings. The SMILES string of the molecule is C/C=C\[C@H](CCC(=O)O)[C@@H]1[C@@H](COCc2ccccc2)[C@H]2CC1(c1ccccc1)CO2. The second kappa shape index (κ2) is 9.80. The number of fused-ring (bicyclic) bond motifs is 2. The number of carboxylic acid groups (broad SMARTS) is 1. The number of aliphatic carboxylic acids is 1. The topological polar surface area (TPSA) is 55.8 Å². The van der Waals surface area contributed by atoms with Crippen LogP contribution in [-0.2, 0) is 26.3 Å². The molecule has 4 nitrogen and oxygen atoms in total. The van der Waals surface area contributed by atoms with Crippen LogP contribution in [0, 0.1) is 17.8 Å². The van der Waals surface area contributed by atoms with E-state index in [1.807, 2.05) is 31.2 Å². The molecule has 0 amide bonds. The number of benzene rings is 2.